The number of halogens is 1. The monoisotopic (exact) mass is 367 g/mol. The van der Waals surface area contributed by atoms with Gasteiger partial charge in [-0.2, -0.15) is 0 Å². The Morgan fingerprint density at radius 3 is 2.32 bits per heavy atom. The predicted octanol–water partition coefficient (Wildman–Crippen LogP) is 2.95. The molecule has 3 N–H and O–H groups in total. The molecule has 1 aromatic carbocycles. The topological polar surface area (TPSA) is 75.4 Å². The lowest BCUT2D eigenvalue weighted by molar-refractivity contribution is -0.134. The number of nitrogens with zero attached hydrogens (tertiary/aromatic N) is 1. The number of carbonyl (C=O) groups excluding carboxylic acids is 2. The van der Waals surface area contributed by atoms with Gasteiger partial charge >= 0.3 is 0 Å². The number of rotatable bonds is 5. The lowest BCUT2D eigenvalue weighted by Crippen LogP contribution is -2.37. The van der Waals surface area contributed by atoms with Crippen molar-refractivity contribution in [1.29, 1.82) is 0 Å². The predicted molar refractivity (Wildman–Crippen MR) is 104 cm³/mol. The highest BCUT2D eigenvalue weighted by atomic mass is 35.5. The number of amides is 2. The van der Waals surface area contributed by atoms with Gasteiger partial charge in [0.15, 0.2) is 0 Å². The van der Waals surface area contributed by atoms with Gasteiger partial charge in [0.25, 0.3) is 0 Å². The first-order chi connectivity index (χ1) is 11.3. The van der Waals surface area contributed by atoms with Gasteiger partial charge in [-0.1, -0.05) is 24.1 Å². The summed E-state index contributed by atoms with van der Waals surface area (Å²) in [5, 5.41) is 2.94. The zero-order valence-corrected chi connectivity index (χ0v) is 16.4. The molecular weight excluding hydrogens is 338 g/mol. The molecule has 25 heavy (non-hydrogen) atoms. The van der Waals surface area contributed by atoms with E-state index in [-0.39, 0.29) is 42.7 Å². The Labute approximate surface area is 156 Å². The van der Waals surface area contributed by atoms with Crippen molar-refractivity contribution in [3.63, 3.8) is 0 Å². The fourth-order valence-electron chi connectivity index (χ4n) is 3.56. The number of nitrogens with one attached hydrogen (secondary N) is 1. The minimum Gasteiger partial charge on any atom is -0.336 e. The molecule has 1 aliphatic carbocycles. The Balaban J connectivity index is 0.00000312. The smallest absolute Gasteiger partial charge is 0.243 e. The Morgan fingerprint density at radius 2 is 1.80 bits per heavy atom. The van der Waals surface area contributed by atoms with Crippen LogP contribution in [0.4, 0.5) is 5.69 Å². The number of anilines is 1. The largest absolute Gasteiger partial charge is 0.336 e. The van der Waals surface area contributed by atoms with E-state index in [0.717, 1.165) is 36.1 Å². The zero-order chi connectivity index (χ0) is 17.9. The van der Waals surface area contributed by atoms with Gasteiger partial charge in [0.05, 0.1) is 6.54 Å². The highest BCUT2D eigenvalue weighted by molar-refractivity contribution is 5.95. The third-order valence-electron chi connectivity index (χ3n) is 4.90. The van der Waals surface area contributed by atoms with Crippen LogP contribution in [0.5, 0.6) is 0 Å². The minimum atomic E-state index is -0.170. The van der Waals surface area contributed by atoms with Gasteiger partial charge in [-0.25, -0.2) is 0 Å². The summed E-state index contributed by atoms with van der Waals surface area (Å²) >= 11 is 0. The van der Waals surface area contributed by atoms with Gasteiger partial charge in [0.1, 0.15) is 0 Å². The summed E-state index contributed by atoms with van der Waals surface area (Å²) < 4.78 is 0. The number of aryl methyl sites for hydroxylation is 3. The highest BCUT2D eigenvalue weighted by Crippen LogP contribution is 2.27. The number of hydrogen-bond donors (Lipinski definition) is 2. The normalized spacial score (nSPS) is 19.2. The van der Waals surface area contributed by atoms with Crippen LogP contribution in [0, 0.1) is 26.7 Å². The molecule has 0 radical (unpaired) electrons. The van der Waals surface area contributed by atoms with E-state index in [2.05, 4.69) is 5.32 Å². The minimum absolute atomic E-state index is 0. The molecule has 1 aliphatic rings. The van der Waals surface area contributed by atoms with Crippen LogP contribution in [-0.4, -0.2) is 36.3 Å². The van der Waals surface area contributed by atoms with E-state index in [1.54, 1.807) is 7.05 Å². The van der Waals surface area contributed by atoms with Gasteiger partial charge in [0.2, 0.25) is 11.8 Å². The number of carbonyl (C=O) groups is 2. The Morgan fingerprint density at radius 1 is 1.20 bits per heavy atom. The van der Waals surface area contributed by atoms with E-state index in [9.17, 15) is 9.59 Å². The van der Waals surface area contributed by atoms with Crippen molar-refractivity contribution in [2.75, 3.05) is 18.9 Å². The molecule has 0 heterocycles. The van der Waals surface area contributed by atoms with Crippen LogP contribution >= 0.6 is 12.4 Å². The van der Waals surface area contributed by atoms with Gasteiger partial charge in [-0.3, -0.25) is 9.59 Å². The van der Waals surface area contributed by atoms with Crippen LogP contribution in [0.1, 0.15) is 42.4 Å². The van der Waals surface area contributed by atoms with E-state index < -0.39 is 0 Å². The van der Waals surface area contributed by atoms with E-state index in [4.69, 9.17) is 5.73 Å². The molecule has 5 nitrogen and oxygen atoms in total. The molecule has 140 valence electrons. The van der Waals surface area contributed by atoms with Crippen molar-refractivity contribution in [2.45, 2.75) is 52.5 Å². The number of hydrogen-bond acceptors (Lipinski definition) is 3. The molecular formula is C19H30ClN3O2. The Hall–Kier alpha value is -1.59. The Bertz CT molecular complexity index is 610. The molecule has 2 amide bonds. The molecule has 6 heteroatoms. The van der Waals surface area contributed by atoms with Crippen LogP contribution in [-0.2, 0) is 9.59 Å². The molecule has 0 saturated heterocycles. The zero-order valence-electron chi connectivity index (χ0n) is 15.6. The van der Waals surface area contributed by atoms with Crippen LogP contribution in [0.25, 0.3) is 0 Å². The molecule has 0 unspecified atom stereocenters. The average Bonchev–Trinajstić information content (AvgIpc) is 2.88. The summed E-state index contributed by atoms with van der Waals surface area (Å²) in [6, 6.07) is 4.20. The third-order valence-corrected chi connectivity index (χ3v) is 4.90. The van der Waals surface area contributed by atoms with Crippen molar-refractivity contribution in [2.24, 2.45) is 11.7 Å². The summed E-state index contributed by atoms with van der Waals surface area (Å²) in [4.78, 5) is 26.1. The molecule has 0 aliphatic heterocycles. The summed E-state index contributed by atoms with van der Waals surface area (Å²) in [7, 11) is 1.68. The first kappa shape index (κ1) is 21.5. The van der Waals surface area contributed by atoms with Crippen molar-refractivity contribution >= 4 is 29.9 Å². The summed E-state index contributed by atoms with van der Waals surface area (Å²) in [5.41, 5.74) is 10.1. The molecule has 1 aromatic rings. The van der Waals surface area contributed by atoms with E-state index in [0.29, 0.717) is 6.42 Å². The maximum Gasteiger partial charge on any atom is 0.243 e. The maximum atomic E-state index is 12.3. The van der Waals surface area contributed by atoms with Gasteiger partial charge in [-0.05, 0) is 50.7 Å². The standard InChI is InChI=1S/C19H29N3O2.ClH/c1-12-8-13(2)19(14(3)9-12)21-17(23)11-22(4)18(24)10-15-6-5-7-16(15)20;/h8-9,15-16H,5-7,10-11,20H2,1-4H3,(H,21,23);1H/t15-,16+;/m0./s1. The van der Waals surface area contributed by atoms with E-state index in [1.807, 2.05) is 32.9 Å². The first-order valence-electron chi connectivity index (χ1n) is 8.65. The summed E-state index contributed by atoms with van der Waals surface area (Å²) in [6.07, 6.45) is 3.53. The van der Waals surface area contributed by atoms with Gasteiger partial charge < -0.3 is 16.0 Å². The molecule has 2 rings (SSSR count). The maximum absolute atomic E-state index is 12.3. The molecule has 2 atom stereocenters. The first-order valence-corrected chi connectivity index (χ1v) is 8.65. The van der Waals surface area contributed by atoms with E-state index in [1.165, 1.54) is 10.5 Å². The highest BCUT2D eigenvalue weighted by Gasteiger charge is 2.27. The molecule has 0 bridgehead atoms. The molecule has 0 aromatic heterocycles. The molecule has 1 saturated carbocycles. The summed E-state index contributed by atoms with van der Waals surface area (Å²) in [5.74, 6) is 0.0751. The number of benzene rings is 1. The van der Waals surface area contributed by atoms with E-state index >= 15 is 0 Å². The van der Waals surface area contributed by atoms with Crippen LogP contribution < -0.4 is 11.1 Å². The van der Waals surface area contributed by atoms with Crippen molar-refractivity contribution in [3.8, 4) is 0 Å². The van der Waals surface area contributed by atoms with Crippen molar-refractivity contribution in [3.05, 3.63) is 28.8 Å². The lowest BCUT2D eigenvalue weighted by Gasteiger charge is -2.21. The quantitative estimate of drug-likeness (QED) is 0.840. The second-order valence-corrected chi connectivity index (χ2v) is 7.13. The fourth-order valence-corrected chi connectivity index (χ4v) is 3.56. The second-order valence-electron chi connectivity index (χ2n) is 7.13. The molecule has 0 spiro atoms. The SMILES string of the molecule is Cc1cc(C)c(NC(=O)CN(C)C(=O)C[C@@H]2CCC[C@H]2N)c(C)c1.Cl. The number of nitrogens with two attached hydrogens (primary N) is 1. The average molecular weight is 368 g/mol. The second kappa shape index (κ2) is 9.20. The third kappa shape index (κ3) is 5.72. The van der Waals surface area contributed by atoms with Gasteiger partial charge in [0, 0.05) is 25.2 Å². The van der Waals surface area contributed by atoms with Crippen molar-refractivity contribution in [1.82, 2.24) is 4.90 Å². The fraction of sp³-hybridized carbons (Fsp3) is 0.579. The van der Waals surface area contributed by atoms with Crippen LogP contribution in [0.2, 0.25) is 0 Å². The summed E-state index contributed by atoms with van der Waals surface area (Å²) in [6.45, 7) is 6.05. The number of likely N-dealkylation sites (N-methyl/N-ethyl adjacent to an activating group) is 1. The van der Waals surface area contributed by atoms with Crippen LogP contribution in [0.15, 0.2) is 12.1 Å². The van der Waals surface area contributed by atoms with Crippen molar-refractivity contribution < 1.29 is 9.59 Å². The Kier molecular flexibility index (Phi) is 7.90. The van der Waals surface area contributed by atoms with Crippen LogP contribution in [0.3, 0.4) is 0 Å². The molecule has 1 fully saturated rings. The van der Waals surface area contributed by atoms with Gasteiger partial charge in [-0.15, -0.1) is 12.4 Å². The lowest BCUT2D eigenvalue weighted by atomic mass is 9.99.